The molecule has 1 amide bonds. The summed E-state index contributed by atoms with van der Waals surface area (Å²) in [7, 11) is 0. The molecule has 1 atom stereocenters. The highest BCUT2D eigenvalue weighted by Gasteiger charge is 2.43. The van der Waals surface area contributed by atoms with Crippen LogP contribution in [0.5, 0.6) is 0 Å². The van der Waals surface area contributed by atoms with E-state index in [4.69, 9.17) is 10.5 Å². The number of likely N-dealkylation sites (tertiary alicyclic amines) is 1. The molecule has 2 rings (SSSR count). The van der Waals surface area contributed by atoms with Crippen LogP contribution in [0.25, 0.3) is 0 Å². The number of amides is 1. The van der Waals surface area contributed by atoms with Crippen molar-refractivity contribution >= 4 is 5.91 Å². The Kier molecular flexibility index (Phi) is 3.46. The van der Waals surface area contributed by atoms with Gasteiger partial charge in [-0.1, -0.05) is 0 Å². The van der Waals surface area contributed by atoms with Crippen LogP contribution in [-0.2, 0) is 9.53 Å². The van der Waals surface area contributed by atoms with Gasteiger partial charge in [-0.25, -0.2) is 0 Å². The number of piperidine rings is 1. The zero-order valence-electron chi connectivity index (χ0n) is 11.0. The molecule has 2 saturated heterocycles. The van der Waals surface area contributed by atoms with Crippen molar-refractivity contribution in [2.75, 3.05) is 26.2 Å². The van der Waals surface area contributed by atoms with Gasteiger partial charge in [0.25, 0.3) is 0 Å². The molecule has 0 aromatic rings. The van der Waals surface area contributed by atoms with Crippen molar-refractivity contribution < 1.29 is 9.53 Å². The first-order valence-electron chi connectivity index (χ1n) is 6.56. The van der Waals surface area contributed by atoms with Gasteiger partial charge in [-0.15, -0.1) is 0 Å². The van der Waals surface area contributed by atoms with E-state index in [1.54, 1.807) is 0 Å². The lowest BCUT2D eigenvalue weighted by molar-refractivity contribution is -0.129. The quantitative estimate of drug-likeness (QED) is 0.787. The van der Waals surface area contributed by atoms with Crippen LogP contribution in [0.15, 0.2) is 0 Å². The molecule has 2 aliphatic rings. The minimum atomic E-state index is -0.214. The minimum absolute atomic E-state index is 0.0199. The molecule has 0 aromatic carbocycles. The van der Waals surface area contributed by atoms with Gasteiger partial charge in [0, 0.05) is 13.2 Å². The maximum Gasteiger partial charge on any atom is 0.231 e. The van der Waals surface area contributed by atoms with Gasteiger partial charge in [0.1, 0.15) is 0 Å². The van der Waals surface area contributed by atoms with Crippen molar-refractivity contribution in [1.82, 2.24) is 4.90 Å². The third-order valence-corrected chi connectivity index (χ3v) is 4.05. The highest BCUT2D eigenvalue weighted by Crippen LogP contribution is 2.44. The maximum absolute atomic E-state index is 11.0. The Bertz CT molecular complexity index is 300. The lowest BCUT2D eigenvalue weighted by atomic mass is 9.69. The van der Waals surface area contributed by atoms with Crippen LogP contribution in [0, 0.1) is 5.41 Å². The van der Waals surface area contributed by atoms with Gasteiger partial charge in [-0.3, -0.25) is 9.69 Å². The van der Waals surface area contributed by atoms with Crippen LogP contribution in [0.4, 0.5) is 0 Å². The molecule has 0 aliphatic carbocycles. The van der Waals surface area contributed by atoms with Crippen LogP contribution in [0.2, 0.25) is 0 Å². The summed E-state index contributed by atoms with van der Waals surface area (Å²) < 4.78 is 5.80. The van der Waals surface area contributed by atoms with Gasteiger partial charge in [-0.05, 0) is 51.5 Å². The first-order valence-corrected chi connectivity index (χ1v) is 6.56. The van der Waals surface area contributed by atoms with E-state index in [0.717, 1.165) is 32.5 Å². The summed E-state index contributed by atoms with van der Waals surface area (Å²) in [4.78, 5) is 13.2. The maximum atomic E-state index is 11.0. The minimum Gasteiger partial charge on any atom is -0.376 e. The number of primary amides is 1. The predicted molar refractivity (Wildman–Crippen MR) is 66.6 cm³/mol. The van der Waals surface area contributed by atoms with E-state index in [1.807, 2.05) is 0 Å². The van der Waals surface area contributed by atoms with Gasteiger partial charge in [0.15, 0.2) is 0 Å². The summed E-state index contributed by atoms with van der Waals surface area (Å²) >= 11 is 0. The van der Waals surface area contributed by atoms with E-state index in [0.29, 0.717) is 12.0 Å². The van der Waals surface area contributed by atoms with E-state index in [-0.39, 0.29) is 11.5 Å². The Hall–Kier alpha value is -0.610. The van der Waals surface area contributed by atoms with Crippen molar-refractivity contribution in [3.8, 4) is 0 Å². The largest absolute Gasteiger partial charge is 0.376 e. The number of carbonyl (C=O) groups excluding carboxylic acids is 1. The summed E-state index contributed by atoms with van der Waals surface area (Å²) in [6.45, 7) is 7.59. The van der Waals surface area contributed by atoms with Crippen LogP contribution in [0.1, 0.15) is 39.5 Å². The summed E-state index contributed by atoms with van der Waals surface area (Å²) in [6, 6.07) is 0. The second-order valence-electron chi connectivity index (χ2n) is 6.32. The molecular formula is C13H24N2O2. The third-order valence-electron chi connectivity index (χ3n) is 4.05. The molecule has 2 N–H and O–H groups in total. The normalized spacial score (nSPS) is 33.8. The average Bonchev–Trinajstić information content (AvgIpc) is 2.13. The number of ether oxygens (including phenoxy) is 1. The Morgan fingerprint density at radius 1 is 1.41 bits per heavy atom. The molecule has 1 spiro atoms. The topological polar surface area (TPSA) is 55.6 Å². The van der Waals surface area contributed by atoms with Gasteiger partial charge in [0.2, 0.25) is 5.91 Å². The molecule has 98 valence electrons. The highest BCUT2D eigenvalue weighted by atomic mass is 16.5. The average molecular weight is 240 g/mol. The second-order valence-corrected chi connectivity index (χ2v) is 6.32. The fourth-order valence-corrected chi connectivity index (χ4v) is 3.60. The lowest BCUT2D eigenvalue weighted by Gasteiger charge is -2.49. The molecule has 17 heavy (non-hydrogen) atoms. The van der Waals surface area contributed by atoms with E-state index >= 15 is 0 Å². The summed E-state index contributed by atoms with van der Waals surface area (Å²) in [6.07, 6.45) is 4.64. The molecular weight excluding hydrogens is 216 g/mol. The fourth-order valence-electron chi connectivity index (χ4n) is 3.60. The molecule has 0 bridgehead atoms. The Morgan fingerprint density at radius 2 is 2.18 bits per heavy atom. The molecule has 0 radical (unpaired) electrons. The molecule has 2 aliphatic heterocycles. The van der Waals surface area contributed by atoms with Gasteiger partial charge in [0.05, 0.1) is 12.1 Å². The lowest BCUT2D eigenvalue weighted by Crippen LogP contribution is -2.52. The summed E-state index contributed by atoms with van der Waals surface area (Å²) in [5.74, 6) is -0.214. The number of nitrogens with two attached hydrogens (primary N) is 1. The van der Waals surface area contributed by atoms with Crippen LogP contribution in [0.3, 0.4) is 0 Å². The fraction of sp³-hybridized carbons (Fsp3) is 0.923. The molecule has 4 heteroatoms. The molecule has 1 unspecified atom stereocenters. The van der Waals surface area contributed by atoms with Gasteiger partial charge < -0.3 is 10.5 Å². The zero-order chi connectivity index (χ0) is 12.5. The van der Waals surface area contributed by atoms with Gasteiger partial charge >= 0.3 is 0 Å². The zero-order valence-corrected chi connectivity index (χ0v) is 11.0. The van der Waals surface area contributed by atoms with E-state index in [9.17, 15) is 4.79 Å². The van der Waals surface area contributed by atoms with Gasteiger partial charge in [-0.2, -0.15) is 0 Å². The monoisotopic (exact) mass is 240 g/mol. The Labute approximate surface area is 103 Å². The highest BCUT2D eigenvalue weighted by molar-refractivity contribution is 5.75. The van der Waals surface area contributed by atoms with Crippen LogP contribution in [-0.4, -0.2) is 42.6 Å². The smallest absolute Gasteiger partial charge is 0.231 e. The van der Waals surface area contributed by atoms with Crippen LogP contribution >= 0.6 is 0 Å². The van der Waals surface area contributed by atoms with Crippen molar-refractivity contribution in [3.05, 3.63) is 0 Å². The molecule has 0 saturated carbocycles. The number of rotatable bonds is 2. The third kappa shape index (κ3) is 3.19. The number of hydrogen-bond donors (Lipinski definition) is 1. The molecule has 2 fully saturated rings. The molecule has 0 aromatic heterocycles. The molecule has 2 heterocycles. The number of hydrogen-bond acceptors (Lipinski definition) is 3. The first-order chi connectivity index (χ1) is 7.91. The standard InChI is InChI=1S/C13H24N2O2/c1-12(2)9-13(5-7-17-12)4-3-6-15(10-13)8-11(14)16/h3-10H2,1-2H3,(H2,14,16). The van der Waals surface area contributed by atoms with E-state index in [2.05, 4.69) is 18.7 Å². The Morgan fingerprint density at radius 3 is 2.82 bits per heavy atom. The number of carbonyl (C=O) groups is 1. The van der Waals surface area contributed by atoms with Crippen molar-refractivity contribution in [2.24, 2.45) is 11.1 Å². The van der Waals surface area contributed by atoms with E-state index < -0.39 is 0 Å². The van der Waals surface area contributed by atoms with Crippen molar-refractivity contribution in [3.63, 3.8) is 0 Å². The molecule has 4 nitrogen and oxygen atoms in total. The van der Waals surface area contributed by atoms with E-state index in [1.165, 1.54) is 12.8 Å². The summed E-state index contributed by atoms with van der Waals surface area (Å²) in [5, 5.41) is 0. The van der Waals surface area contributed by atoms with Crippen LogP contribution < -0.4 is 5.73 Å². The number of nitrogens with zero attached hydrogens (tertiary/aromatic N) is 1. The SMILES string of the molecule is CC1(C)CC2(CCCN(CC(N)=O)C2)CCO1. The predicted octanol–water partition coefficient (Wildman–Crippen LogP) is 1.14. The van der Waals surface area contributed by atoms with Crippen molar-refractivity contribution in [1.29, 1.82) is 0 Å². The Balaban J connectivity index is 2.02. The summed E-state index contributed by atoms with van der Waals surface area (Å²) in [5.41, 5.74) is 5.61. The first kappa shape index (κ1) is 12.8. The second kappa shape index (κ2) is 4.58. The van der Waals surface area contributed by atoms with Crippen molar-refractivity contribution in [2.45, 2.75) is 45.1 Å².